The van der Waals surface area contributed by atoms with Crippen LogP contribution in [0.3, 0.4) is 0 Å². The van der Waals surface area contributed by atoms with E-state index in [4.69, 9.17) is 4.74 Å². The molecule has 0 aromatic heterocycles. The van der Waals surface area contributed by atoms with E-state index in [0.717, 1.165) is 18.4 Å². The van der Waals surface area contributed by atoms with E-state index in [9.17, 15) is 9.59 Å². The van der Waals surface area contributed by atoms with Crippen LogP contribution in [0.1, 0.15) is 24.0 Å². The molecule has 3 amide bonds. The van der Waals surface area contributed by atoms with Gasteiger partial charge in [-0.25, -0.2) is 4.79 Å². The summed E-state index contributed by atoms with van der Waals surface area (Å²) in [4.78, 5) is 26.0. The minimum atomic E-state index is -0.174. The lowest BCUT2D eigenvalue weighted by molar-refractivity contribution is -0.118. The number of carbonyl (C=O) groups excluding carboxylic acids is 2. The lowest BCUT2D eigenvalue weighted by Crippen LogP contribution is -2.36. The molecule has 0 unspecified atom stereocenters. The number of urea groups is 1. The zero-order chi connectivity index (χ0) is 18.1. The molecule has 0 saturated heterocycles. The molecular formula is C20H21N3O3. The molecular weight excluding hydrogens is 330 g/mol. The maximum Gasteiger partial charge on any atom is 0.322 e. The van der Waals surface area contributed by atoms with Crippen molar-refractivity contribution in [1.29, 1.82) is 0 Å². The highest BCUT2D eigenvalue weighted by Gasteiger charge is 2.32. The number of fused-ring (bicyclic) bond motifs is 1. The lowest BCUT2D eigenvalue weighted by atomic mass is 10.1. The zero-order valence-corrected chi connectivity index (χ0v) is 14.6. The van der Waals surface area contributed by atoms with Crippen molar-refractivity contribution in [3.8, 4) is 5.75 Å². The van der Waals surface area contributed by atoms with Gasteiger partial charge in [0.1, 0.15) is 5.75 Å². The summed E-state index contributed by atoms with van der Waals surface area (Å²) in [5.41, 5.74) is 3.59. The fraction of sp³-hybridized carbons (Fsp3) is 0.300. The highest BCUT2D eigenvalue weighted by atomic mass is 16.5. The molecule has 1 aliphatic carbocycles. The first kappa shape index (κ1) is 16.4. The van der Waals surface area contributed by atoms with Crippen molar-refractivity contribution in [3.63, 3.8) is 0 Å². The number of aryl methyl sites for hydroxylation is 1. The molecule has 26 heavy (non-hydrogen) atoms. The van der Waals surface area contributed by atoms with Crippen molar-refractivity contribution in [3.05, 3.63) is 53.6 Å². The average molecular weight is 351 g/mol. The monoisotopic (exact) mass is 351 g/mol. The molecule has 6 nitrogen and oxygen atoms in total. The molecule has 2 aromatic rings. The molecule has 2 aromatic carbocycles. The first-order valence-electron chi connectivity index (χ1n) is 8.78. The van der Waals surface area contributed by atoms with Crippen LogP contribution in [0.4, 0.5) is 16.2 Å². The fourth-order valence-corrected chi connectivity index (χ4v) is 3.11. The van der Waals surface area contributed by atoms with Crippen molar-refractivity contribution in [2.75, 3.05) is 17.2 Å². The van der Waals surface area contributed by atoms with Gasteiger partial charge in [0.2, 0.25) is 0 Å². The largest absolute Gasteiger partial charge is 0.482 e. The normalized spacial score (nSPS) is 15.5. The Kier molecular flexibility index (Phi) is 4.24. The summed E-state index contributed by atoms with van der Waals surface area (Å²) in [5.74, 6) is 0.395. The van der Waals surface area contributed by atoms with E-state index in [2.05, 4.69) is 29.7 Å². The maximum atomic E-state index is 12.8. The number of rotatable bonds is 4. The molecule has 1 saturated carbocycles. The maximum absolute atomic E-state index is 12.8. The smallest absolute Gasteiger partial charge is 0.322 e. The third kappa shape index (κ3) is 3.64. The molecule has 134 valence electrons. The lowest BCUT2D eigenvalue weighted by Gasteiger charge is -2.24. The van der Waals surface area contributed by atoms with Gasteiger partial charge in [-0.2, -0.15) is 0 Å². The number of amides is 3. The van der Waals surface area contributed by atoms with Crippen LogP contribution in [0.25, 0.3) is 0 Å². The minimum absolute atomic E-state index is 0.00798. The standard InChI is InChI=1S/C20H21N3O3/c1-13-3-2-4-14(9-13)11-23(16-6-7-16)20(25)21-15-5-8-17-18(10-15)26-12-19(24)22-17/h2-5,8-10,16H,6-7,11-12H2,1H3,(H,21,25)(H,22,24). The van der Waals surface area contributed by atoms with E-state index in [1.165, 1.54) is 5.56 Å². The van der Waals surface area contributed by atoms with Crippen LogP contribution in [-0.4, -0.2) is 29.5 Å². The van der Waals surface area contributed by atoms with Gasteiger partial charge < -0.3 is 20.3 Å². The Labute approximate surface area is 152 Å². The topological polar surface area (TPSA) is 70.7 Å². The van der Waals surface area contributed by atoms with E-state index in [-0.39, 0.29) is 18.5 Å². The summed E-state index contributed by atoms with van der Waals surface area (Å²) in [6.07, 6.45) is 2.08. The number of nitrogens with one attached hydrogen (secondary N) is 2. The number of anilines is 2. The summed E-state index contributed by atoms with van der Waals surface area (Å²) in [5, 5.41) is 5.70. The van der Waals surface area contributed by atoms with Gasteiger partial charge in [-0.15, -0.1) is 0 Å². The summed E-state index contributed by atoms with van der Waals surface area (Å²) in [6, 6.07) is 13.7. The van der Waals surface area contributed by atoms with Gasteiger partial charge in [-0.05, 0) is 37.5 Å². The van der Waals surface area contributed by atoms with Gasteiger partial charge >= 0.3 is 6.03 Å². The number of ether oxygens (including phenoxy) is 1. The number of hydrogen-bond acceptors (Lipinski definition) is 3. The zero-order valence-electron chi connectivity index (χ0n) is 14.6. The van der Waals surface area contributed by atoms with Crippen LogP contribution in [0.2, 0.25) is 0 Å². The minimum Gasteiger partial charge on any atom is -0.482 e. The molecule has 4 rings (SSSR count). The van der Waals surface area contributed by atoms with Crippen LogP contribution >= 0.6 is 0 Å². The van der Waals surface area contributed by atoms with Crippen LogP contribution in [0, 0.1) is 6.92 Å². The van der Waals surface area contributed by atoms with Gasteiger partial charge in [0.15, 0.2) is 6.61 Å². The van der Waals surface area contributed by atoms with Crippen molar-refractivity contribution < 1.29 is 14.3 Å². The number of nitrogens with zero attached hydrogens (tertiary/aromatic N) is 1. The predicted molar refractivity (Wildman–Crippen MR) is 99.3 cm³/mol. The second kappa shape index (κ2) is 6.71. The molecule has 1 fully saturated rings. The SMILES string of the molecule is Cc1cccc(CN(C(=O)Nc2ccc3c(c2)OCC(=O)N3)C2CC2)c1. The van der Waals surface area contributed by atoms with E-state index in [1.807, 2.05) is 17.0 Å². The molecule has 0 atom stereocenters. The number of hydrogen-bond donors (Lipinski definition) is 2. The fourth-order valence-electron chi connectivity index (χ4n) is 3.11. The molecule has 1 heterocycles. The first-order chi connectivity index (χ1) is 12.6. The Balaban J connectivity index is 1.48. The van der Waals surface area contributed by atoms with E-state index in [1.54, 1.807) is 18.2 Å². The Hall–Kier alpha value is -3.02. The summed E-state index contributed by atoms with van der Waals surface area (Å²) >= 11 is 0. The predicted octanol–water partition coefficient (Wildman–Crippen LogP) is 3.52. The third-order valence-electron chi connectivity index (χ3n) is 4.55. The Bertz CT molecular complexity index is 861. The Morgan fingerprint density at radius 2 is 2.12 bits per heavy atom. The van der Waals surface area contributed by atoms with E-state index in [0.29, 0.717) is 29.7 Å². The van der Waals surface area contributed by atoms with Gasteiger partial charge in [-0.1, -0.05) is 29.8 Å². The second-order valence-corrected chi connectivity index (χ2v) is 6.83. The quantitative estimate of drug-likeness (QED) is 0.885. The van der Waals surface area contributed by atoms with Crippen molar-refractivity contribution in [2.45, 2.75) is 32.4 Å². The second-order valence-electron chi connectivity index (χ2n) is 6.83. The summed E-state index contributed by atoms with van der Waals surface area (Å²) < 4.78 is 5.41. The van der Waals surface area contributed by atoms with Crippen molar-refractivity contribution in [1.82, 2.24) is 4.90 Å². The van der Waals surface area contributed by atoms with Gasteiger partial charge in [0.05, 0.1) is 5.69 Å². The van der Waals surface area contributed by atoms with Crippen LogP contribution in [0.5, 0.6) is 5.75 Å². The summed E-state index contributed by atoms with van der Waals surface area (Å²) in [6.45, 7) is 2.64. The highest BCUT2D eigenvalue weighted by molar-refractivity contribution is 5.96. The van der Waals surface area contributed by atoms with Crippen molar-refractivity contribution >= 4 is 23.3 Å². The molecule has 1 aliphatic heterocycles. The molecule has 2 N–H and O–H groups in total. The molecule has 6 heteroatoms. The Morgan fingerprint density at radius 3 is 2.88 bits per heavy atom. The van der Waals surface area contributed by atoms with Crippen LogP contribution in [0.15, 0.2) is 42.5 Å². The van der Waals surface area contributed by atoms with Crippen molar-refractivity contribution in [2.24, 2.45) is 0 Å². The first-order valence-corrected chi connectivity index (χ1v) is 8.78. The van der Waals surface area contributed by atoms with E-state index < -0.39 is 0 Å². The van der Waals surface area contributed by atoms with E-state index >= 15 is 0 Å². The molecule has 0 bridgehead atoms. The molecule has 0 spiro atoms. The van der Waals surface area contributed by atoms with Gasteiger partial charge in [-0.3, -0.25) is 4.79 Å². The number of benzene rings is 2. The Morgan fingerprint density at radius 1 is 1.27 bits per heavy atom. The van der Waals surface area contributed by atoms with Crippen LogP contribution < -0.4 is 15.4 Å². The highest BCUT2D eigenvalue weighted by Crippen LogP contribution is 2.32. The average Bonchev–Trinajstić information content (AvgIpc) is 3.45. The van der Waals surface area contributed by atoms with Gasteiger partial charge in [0.25, 0.3) is 5.91 Å². The number of carbonyl (C=O) groups is 2. The molecule has 0 radical (unpaired) electrons. The third-order valence-corrected chi connectivity index (χ3v) is 4.55. The van der Waals surface area contributed by atoms with Crippen LogP contribution in [-0.2, 0) is 11.3 Å². The molecule has 2 aliphatic rings. The van der Waals surface area contributed by atoms with Gasteiger partial charge in [0, 0.05) is 24.3 Å². The summed E-state index contributed by atoms with van der Waals surface area (Å²) in [7, 11) is 0.